The van der Waals surface area contributed by atoms with Gasteiger partial charge in [-0.2, -0.15) is 0 Å². The van der Waals surface area contributed by atoms with E-state index >= 15 is 0 Å². The van der Waals surface area contributed by atoms with Crippen LogP contribution in [-0.4, -0.2) is 11.4 Å². The maximum Gasteiger partial charge on any atom is 0.336 e. The molecule has 1 fully saturated rings. The van der Waals surface area contributed by atoms with Crippen LogP contribution in [0.15, 0.2) is 57.7 Å². The van der Waals surface area contributed by atoms with Crippen molar-refractivity contribution in [2.45, 2.75) is 44.7 Å². The largest absolute Gasteiger partial charge is 0.423 e. The van der Waals surface area contributed by atoms with Gasteiger partial charge in [0.25, 0.3) is 0 Å². The number of hydrogen-bond donors (Lipinski definition) is 0. The third-order valence-electron chi connectivity index (χ3n) is 5.96. The zero-order valence-corrected chi connectivity index (χ0v) is 14.9. The molecule has 1 aliphatic heterocycles. The molecule has 1 saturated heterocycles. The van der Waals surface area contributed by atoms with Crippen LogP contribution in [0, 0.1) is 0 Å². The van der Waals surface area contributed by atoms with E-state index in [-0.39, 0.29) is 5.63 Å². The highest BCUT2D eigenvalue weighted by molar-refractivity contribution is 5.82. The van der Waals surface area contributed by atoms with Crippen LogP contribution in [0.2, 0.25) is 0 Å². The van der Waals surface area contributed by atoms with Crippen LogP contribution in [0.3, 0.4) is 0 Å². The second-order valence-electron chi connectivity index (χ2n) is 7.60. The van der Waals surface area contributed by atoms with Gasteiger partial charge in [0, 0.05) is 24.0 Å². The molecule has 0 N–H and O–H groups in total. The summed E-state index contributed by atoms with van der Waals surface area (Å²) < 4.78 is 5.53. The molecule has 3 heteroatoms. The van der Waals surface area contributed by atoms with E-state index in [1.165, 1.54) is 36.0 Å². The minimum atomic E-state index is -0.235. The first-order valence-corrected chi connectivity index (χ1v) is 9.65. The van der Waals surface area contributed by atoms with Crippen molar-refractivity contribution in [1.82, 2.24) is 4.90 Å². The smallest absolute Gasteiger partial charge is 0.336 e. The summed E-state index contributed by atoms with van der Waals surface area (Å²) in [4.78, 5) is 14.7. The highest BCUT2D eigenvalue weighted by Crippen LogP contribution is 2.35. The first-order valence-electron chi connectivity index (χ1n) is 9.65. The average Bonchev–Trinajstić information content (AvgIpc) is 3.29. The zero-order chi connectivity index (χ0) is 17.5. The number of likely N-dealkylation sites (tertiary alicyclic amines) is 1. The molecule has 0 amide bonds. The maximum absolute atomic E-state index is 12.1. The number of rotatable bonds is 3. The summed E-state index contributed by atoms with van der Waals surface area (Å²) in [6, 6.07) is 17.2. The summed E-state index contributed by atoms with van der Waals surface area (Å²) in [7, 11) is 0. The summed E-state index contributed by atoms with van der Waals surface area (Å²) in [5.74, 6) is 0. The minimum Gasteiger partial charge on any atom is -0.423 e. The fourth-order valence-corrected chi connectivity index (χ4v) is 4.71. The second-order valence-corrected chi connectivity index (χ2v) is 7.60. The van der Waals surface area contributed by atoms with Gasteiger partial charge >= 0.3 is 5.63 Å². The standard InChI is InChI=1S/C23H23NO2/c25-23-14-19(20-12-17-8-4-9-18(17)13-22(20)26-23)15-24-11-5-10-21(24)16-6-2-1-3-7-16/h1-3,6-7,12-14,21H,4-5,8-11,15H2. The normalized spacial score (nSPS) is 19.9. The summed E-state index contributed by atoms with van der Waals surface area (Å²) in [5.41, 5.74) is 5.77. The molecule has 26 heavy (non-hydrogen) atoms. The number of fused-ring (bicyclic) bond motifs is 2. The van der Waals surface area contributed by atoms with Crippen LogP contribution >= 0.6 is 0 Å². The van der Waals surface area contributed by atoms with E-state index in [4.69, 9.17) is 4.42 Å². The third kappa shape index (κ3) is 2.77. The molecule has 3 aromatic rings. The summed E-state index contributed by atoms with van der Waals surface area (Å²) in [6.07, 6.45) is 5.82. The van der Waals surface area contributed by atoms with Crippen molar-refractivity contribution in [2.24, 2.45) is 0 Å². The Balaban J connectivity index is 1.54. The van der Waals surface area contributed by atoms with E-state index in [2.05, 4.69) is 47.4 Å². The number of benzene rings is 2. The van der Waals surface area contributed by atoms with Crippen LogP contribution in [0.1, 0.15) is 47.6 Å². The third-order valence-corrected chi connectivity index (χ3v) is 5.96. The Bertz CT molecular complexity index is 1010. The molecular formula is C23H23NO2. The van der Waals surface area contributed by atoms with Crippen LogP contribution < -0.4 is 5.63 Å². The fraction of sp³-hybridized carbons (Fsp3) is 0.348. The van der Waals surface area contributed by atoms with Gasteiger partial charge in [-0.15, -0.1) is 0 Å². The topological polar surface area (TPSA) is 33.5 Å². The Morgan fingerprint density at radius 1 is 1.00 bits per heavy atom. The first-order chi connectivity index (χ1) is 12.8. The quantitative estimate of drug-likeness (QED) is 0.650. The Labute approximate surface area is 153 Å². The van der Waals surface area contributed by atoms with Crippen molar-refractivity contribution in [3.63, 3.8) is 0 Å². The summed E-state index contributed by atoms with van der Waals surface area (Å²) in [5, 5.41) is 1.11. The molecule has 2 heterocycles. The Morgan fingerprint density at radius 3 is 2.65 bits per heavy atom. The van der Waals surface area contributed by atoms with Gasteiger partial charge < -0.3 is 4.42 Å². The van der Waals surface area contributed by atoms with E-state index in [1.807, 2.05) is 0 Å². The lowest BCUT2D eigenvalue weighted by atomic mass is 10.0. The lowest BCUT2D eigenvalue weighted by molar-refractivity contribution is 0.249. The highest BCUT2D eigenvalue weighted by Gasteiger charge is 2.26. The van der Waals surface area contributed by atoms with E-state index in [1.54, 1.807) is 6.07 Å². The predicted molar refractivity (Wildman–Crippen MR) is 103 cm³/mol. The molecule has 132 valence electrons. The molecule has 1 aliphatic carbocycles. The van der Waals surface area contributed by atoms with E-state index < -0.39 is 0 Å². The Hall–Kier alpha value is -2.39. The molecule has 3 nitrogen and oxygen atoms in total. The van der Waals surface area contributed by atoms with Gasteiger partial charge in [0.1, 0.15) is 5.58 Å². The van der Waals surface area contributed by atoms with Gasteiger partial charge in [0.2, 0.25) is 0 Å². The molecule has 0 saturated carbocycles. The molecule has 1 aromatic heterocycles. The monoisotopic (exact) mass is 345 g/mol. The second kappa shape index (κ2) is 6.40. The average molecular weight is 345 g/mol. The number of nitrogens with zero attached hydrogens (tertiary/aromatic N) is 1. The van der Waals surface area contributed by atoms with Gasteiger partial charge in [0.15, 0.2) is 0 Å². The predicted octanol–water partition coefficient (Wildman–Crippen LogP) is 4.62. The van der Waals surface area contributed by atoms with Crippen molar-refractivity contribution in [3.05, 3.63) is 81.2 Å². The molecule has 2 aliphatic rings. The molecule has 5 rings (SSSR count). The van der Waals surface area contributed by atoms with Crippen LogP contribution in [0.4, 0.5) is 0 Å². The van der Waals surface area contributed by atoms with Crippen molar-refractivity contribution in [1.29, 1.82) is 0 Å². The van der Waals surface area contributed by atoms with Crippen molar-refractivity contribution in [2.75, 3.05) is 6.54 Å². The highest BCUT2D eigenvalue weighted by atomic mass is 16.4. The van der Waals surface area contributed by atoms with E-state index in [9.17, 15) is 4.79 Å². The van der Waals surface area contributed by atoms with E-state index in [0.717, 1.165) is 42.5 Å². The molecule has 0 bridgehead atoms. The van der Waals surface area contributed by atoms with Gasteiger partial charge in [-0.25, -0.2) is 4.79 Å². The molecule has 1 unspecified atom stereocenters. The van der Waals surface area contributed by atoms with Crippen molar-refractivity contribution < 1.29 is 4.42 Å². The van der Waals surface area contributed by atoms with Crippen LogP contribution in [-0.2, 0) is 19.4 Å². The molecule has 0 spiro atoms. The number of aryl methyl sites for hydroxylation is 2. The van der Waals surface area contributed by atoms with Crippen LogP contribution in [0.5, 0.6) is 0 Å². The minimum absolute atomic E-state index is 0.235. The van der Waals surface area contributed by atoms with Gasteiger partial charge in [-0.05, 0) is 73.0 Å². The Morgan fingerprint density at radius 2 is 1.81 bits per heavy atom. The van der Waals surface area contributed by atoms with E-state index in [0.29, 0.717) is 6.04 Å². The van der Waals surface area contributed by atoms with Crippen molar-refractivity contribution in [3.8, 4) is 0 Å². The lowest BCUT2D eigenvalue weighted by Gasteiger charge is -2.25. The summed E-state index contributed by atoms with van der Waals surface area (Å²) in [6.45, 7) is 1.88. The molecule has 2 aromatic carbocycles. The zero-order valence-electron chi connectivity index (χ0n) is 14.9. The molecule has 1 atom stereocenters. The Kier molecular flexibility index (Phi) is 3.90. The number of hydrogen-bond acceptors (Lipinski definition) is 3. The van der Waals surface area contributed by atoms with Crippen LogP contribution in [0.25, 0.3) is 11.0 Å². The lowest BCUT2D eigenvalue weighted by Crippen LogP contribution is -2.23. The molecule has 0 radical (unpaired) electrons. The first kappa shape index (κ1) is 15.8. The summed E-state index contributed by atoms with van der Waals surface area (Å²) >= 11 is 0. The van der Waals surface area contributed by atoms with Gasteiger partial charge in [0.05, 0.1) is 0 Å². The SMILES string of the molecule is O=c1cc(CN2CCCC2c2ccccc2)c2cc3c(cc2o1)CCC3. The van der Waals surface area contributed by atoms with Crippen molar-refractivity contribution >= 4 is 11.0 Å². The fourth-order valence-electron chi connectivity index (χ4n) is 4.71. The van der Waals surface area contributed by atoms with Gasteiger partial charge in [-0.3, -0.25) is 4.90 Å². The maximum atomic E-state index is 12.1. The molecular weight excluding hydrogens is 322 g/mol. The van der Waals surface area contributed by atoms with Gasteiger partial charge in [-0.1, -0.05) is 30.3 Å².